The van der Waals surface area contributed by atoms with Gasteiger partial charge < -0.3 is 10.1 Å². The number of carbonyl (C=O) groups is 1. The molecule has 166 valence electrons. The lowest BCUT2D eigenvalue weighted by molar-refractivity contribution is 0.220. The van der Waals surface area contributed by atoms with Gasteiger partial charge in [-0.25, -0.2) is 9.78 Å². The number of anilines is 1. The Morgan fingerprint density at radius 3 is 2.97 bits per heavy atom. The van der Waals surface area contributed by atoms with Crippen LogP contribution in [0.5, 0.6) is 5.88 Å². The molecule has 0 bridgehead atoms. The van der Waals surface area contributed by atoms with E-state index in [-0.39, 0.29) is 18.0 Å². The maximum atomic E-state index is 12.9. The summed E-state index contributed by atoms with van der Waals surface area (Å²) in [6.45, 7) is 3.44. The summed E-state index contributed by atoms with van der Waals surface area (Å²) in [6, 6.07) is 3.45. The maximum Gasteiger partial charge on any atom is 0.327 e. The van der Waals surface area contributed by atoms with Crippen LogP contribution >= 0.6 is 0 Å². The van der Waals surface area contributed by atoms with Crippen LogP contribution in [0.3, 0.4) is 0 Å². The third-order valence-corrected chi connectivity index (χ3v) is 5.81. The highest BCUT2D eigenvalue weighted by Crippen LogP contribution is 2.41. The lowest BCUT2D eigenvalue weighted by atomic mass is 9.96. The Morgan fingerprint density at radius 2 is 2.19 bits per heavy atom. The van der Waals surface area contributed by atoms with Gasteiger partial charge in [0.15, 0.2) is 5.82 Å². The van der Waals surface area contributed by atoms with Gasteiger partial charge in [0.1, 0.15) is 11.6 Å². The Balaban J connectivity index is 1.23. The molecule has 2 aromatic rings. The number of ether oxygens (including phenoxy) is 1. The lowest BCUT2D eigenvalue weighted by Crippen LogP contribution is -2.38. The van der Waals surface area contributed by atoms with E-state index >= 15 is 0 Å². The Bertz CT molecular complexity index is 1100. The van der Waals surface area contributed by atoms with Crippen LogP contribution in [-0.2, 0) is 13.1 Å². The van der Waals surface area contributed by atoms with Gasteiger partial charge >= 0.3 is 6.03 Å². The summed E-state index contributed by atoms with van der Waals surface area (Å²) in [6.07, 6.45) is 13.8. The molecular weight excluding hydrogens is 406 g/mol. The third kappa shape index (κ3) is 4.16. The first kappa shape index (κ1) is 20.4. The summed E-state index contributed by atoms with van der Waals surface area (Å²) in [7, 11) is 1.85. The molecule has 2 N–H and O–H groups in total. The molecule has 0 spiro atoms. The van der Waals surface area contributed by atoms with E-state index in [1.54, 1.807) is 17.2 Å². The van der Waals surface area contributed by atoms with Crippen LogP contribution in [0.2, 0.25) is 0 Å². The second kappa shape index (κ2) is 8.58. The van der Waals surface area contributed by atoms with Crippen LogP contribution in [0, 0.1) is 5.92 Å². The van der Waals surface area contributed by atoms with Crippen molar-refractivity contribution < 1.29 is 9.53 Å². The van der Waals surface area contributed by atoms with Crippen LogP contribution in [0.25, 0.3) is 0 Å². The number of carbonyl (C=O) groups excluding carboxylic acids is 1. The average molecular weight is 434 g/mol. The standard InChI is InChI=1S/C23H27N7O2/c1-3-30-19(15-4-5-15)13-20(28-30)27-23(31)29-11-9-16-12-17(6-7-18(16)29)32-22-8-10-25-21(26-22)14-24-2/h6-13,15-16,18,24H,3-5,14H2,1-2H3,(H,27,28,31). The molecule has 2 atom stereocenters. The van der Waals surface area contributed by atoms with E-state index in [9.17, 15) is 4.79 Å². The van der Waals surface area contributed by atoms with Gasteiger partial charge in [0.2, 0.25) is 5.88 Å². The molecule has 9 heteroatoms. The number of nitrogens with one attached hydrogen (secondary N) is 2. The molecule has 1 fully saturated rings. The predicted molar refractivity (Wildman–Crippen MR) is 120 cm³/mol. The Kier molecular flexibility index (Phi) is 5.48. The van der Waals surface area contributed by atoms with E-state index in [1.807, 2.05) is 48.3 Å². The van der Waals surface area contributed by atoms with E-state index in [4.69, 9.17) is 4.74 Å². The number of nitrogens with zero attached hydrogens (tertiary/aromatic N) is 5. The molecule has 2 unspecified atom stereocenters. The van der Waals surface area contributed by atoms with Crippen molar-refractivity contribution in [2.45, 2.75) is 44.8 Å². The third-order valence-electron chi connectivity index (χ3n) is 5.81. The highest BCUT2D eigenvalue weighted by Gasteiger charge is 2.33. The van der Waals surface area contributed by atoms with E-state index < -0.39 is 0 Å². The number of urea groups is 1. The summed E-state index contributed by atoms with van der Waals surface area (Å²) in [5, 5.41) is 10.5. The van der Waals surface area contributed by atoms with Gasteiger partial charge in [0, 0.05) is 48.6 Å². The minimum atomic E-state index is -0.188. The first-order valence-corrected chi connectivity index (χ1v) is 11.0. The number of rotatable bonds is 7. The van der Waals surface area contributed by atoms with E-state index in [2.05, 4.69) is 32.6 Å². The maximum absolute atomic E-state index is 12.9. The number of amides is 2. The zero-order chi connectivity index (χ0) is 22.1. The normalized spacial score (nSPS) is 21.4. The van der Waals surface area contributed by atoms with E-state index in [0.29, 0.717) is 35.7 Å². The molecule has 0 aromatic carbocycles. The number of aromatic nitrogens is 4. The molecule has 1 saturated carbocycles. The fourth-order valence-corrected chi connectivity index (χ4v) is 4.10. The molecule has 0 saturated heterocycles. The van der Waals surface area contributed by atoms with Crippen LogP contribution in [0.4, 0.5) is 10.6 Å². The molecule has 0 radical (unpaired) electrons. The van der Waals surface area contributed by atoms with Gasteiger partial charge in [0.25, 0.3) is 0 Å². The second-order valence-corrected chi connectivity index (χ2v) is 8.16. The van der Waals surface area contributed by atoms with Crippen molar-refractivity contribution in [2.75, 3.05) is 12.4 Å². The van der Waals surface area contributed by atoms with Gasteiger partial charge in [-0.2, -0.15) is 10.1 Å². The first-order chi connectivity index (χ1) is 15.6. The number of hydrogen-bond donors (Lipinski definition) is 2. The minimum absolute atomic E-state index is 0.0367. The van der Waals surface area contributed by atoms with Crippen molar-refractivity contribution in [3.63, 3.8) is 0 Å². The van der Waals surface area contributed by atoms with Crippen LogP contribution in [0.1, 0.15) is 37.2 Å². The number of aryl methyl sites for hydroxylation is 1. The highest BCUT2D eigenvalue weighted by atomic mass is 16.5. The molecule has 9 nitrogen and oxygen atoms in total. The number of fused-ring (bicyclic) bond motifs is 1. The van der Waals surface area contributed by atoms with Gasteiger partial charge in [-0.3, -0.25) is 14.9 Å². The van der Waals surface area contributed by atoms with Crippen molar-refractivity contribution in [3.8, 4) is 5.88 Å². The molecule has 32 heavy (non-hydrogen) atoms. The zero-order valence-corrected chi connectivity index (χ0v) is 18.2. The topological polar surface area (TPSA) is 97.2 Å². The van der Waals surface area contributed by atoms with E-state index in [0.717, 1.165) is 6.54 Å². The lowest BCUT2D eigenvalue weighted by Gasteiger charge is -2.26. The van der Waals surface area contributed by atoms with Crippen molar-refractivity contribution in [1.82, 2.24) is 30.0 Å². The van der Waals surface area contributed by atoms with Crippen LogP contribution in [-0.4, -0.2) is 43.8 Å². The Hall–Kier alpha value is -3.46. The SMILES string of the molecule is CCn1nc(NC(=O)N2C=CC3C=C(Oc4ccnc(CNC)n4)C=CC32)cc1C1CC1. The van der Waals surface area contributed by atoms with Crippen molar-refractivity contribution in [2.24, 2.45) is 5.92 Å². The van der Waals surface area contributed by atoms with Gasteiger partial charge in [-0.15, -0.1) is 0 Å². The monoisotopic (exact) mass is 433 g/mol. The van der Waals surface area contributed by atoms with Crippen molar-refractivity contribution >= 4 is 11.8 Å². The Labute approximate surface area is 186 Å². The largest absolute Gasteiger partial charge is 0.439 e. The van der Waals surface area contributed by atoms with Crippen LogP contribution < -0.4 is 15.4 Å². The van der Waals surface area contributed by atoms with Crippen molar-refractivity contribution in [1.29, 1.82) is 0 Å². The fourth-order valence-electron chi connectivity index (χ4n) is 4.10. The van der Waals surface area contributed by atoms with Crippen LogP contribution in [0.15, 0.2) is 54.6 Å². The molecule has 1 aliphatic heterocycles. The van der Waals surface area contributed by atoms with Crippen molar-refractivity contribution in [3.05, 3.63) is 66.1 Å². The molecule has 5 rings (SSSR count). The minimum Gasteiger partial charge on any atom is -0.439 e. The molecule has 2 amide bonds. The molecular formula is C23H27N7O2. The van der Waals surface area contributed by atoms with Gasteiger partial charge in [-0.05, 0) is 39.0 Å². The van der Waals surface area contributed by atoms with Gasteiger partial charge in [-0.1, -0.05) is 12.2 Å². The fraction of sp³-hybridized carbons (Fsp3) is 0.391. The molecule has 2 aliphatic carbocycles. The number of hydrogen-bond acceptors (Lipinski definition) is 6. The average Bonchev–Trinajstić information content (AvgIpc) is 3.42. The summed E-state index contributed by atoms with van der Waals surface area (Å²) in [5.74, 6) is 3.09. The Morgan fingerprint density at radius 1 is 1.31 bits per heavy atom. The van der Waals surface area contributed by atoms with Gasteiger partial charge in [0.05, 0.1) is 12.6 Å². The predicted octanol–water partition coefficient (Wildman–Crippen LogP) is 3.17. The zero-order valence-electron chi connectivity index (χ0n) is 18.2. The highest BCUT2D eigenvalue weighted by molar-refractivity contribution is 5.90. The molecule has 2 aromatic heterocycles. The molecule has 3 aliphatic rings. The summed E-state index contributed by atoms with van der Waals surface area (Å²) < 4.78 is 7.91. The summed E-state index contributed by atoms with van der Waals surface area (Å²) in [5.41, 5.74) is 1.21. The second-order valence-electron chi connectivity index (χ2n) is 8.16. The smallest absolute Gasteiger partial charge is 0.327 e. The first-order valence-electron chi connectivity index (χ1n) is 11.0. The molecule has 3 heterocycles. The summed E-state index contributed by atoms with van der Waals surface area (Å²) >= 11 is 0. The van der Waals surface area contributed by atoms with E-state index in [1.165, 1.54) is 18.5 Å². The quantitative estimate of drug-likeness (QED) is 0.696. The number of allylic oxidation sites excluding steroid dienone is 1. The summed E-state index contributed by atoms with van der Waals surface area (Å²) in [4.78, 5) is 23.2.